The summed E-state index contributed by atoms with van der Waals surface area (Å²) in [6.45, 7) is 0. The highest BCUT2D eigenvalue weighted by molar-refractivity contribution is 6.03. The number of carbonyl (C=O) groups is 2. The Hall–Kier alpha value is -3.41. The van der Waals surface area contributed by atoms with E-state index in [1.54, 1.807) is 12.1 Å². The number of aromatic amines is 1. The van der Waals surface area contributed by atoms with Crippen molar-refractivity contribution in [3.05, 3.63) is 70.5 Å². The van der Waals surface area contributed by atoms with Gasteiger partial charge in [0.05, 0.1) is 5.56 Å². The average Bonchev–Trinajstić information content (AvgIpc) is 3.36. The van der Waals surface area contributed by atoms with Gasteiger partial charge in [-0.25, -0.2) is 4.79 Å². The van der Waals surface area contributed by atoms with Crippen molar-refractivity contribution in [3.8, 4) is 11.3 Å². The standard InChI is InChI=1S/C23H20N2O4/c26-20-18(23(17-7-3-4-8-17)21(27)25-22(28)29-23)11-12-19(24-20)16-10-9-14-5-1-2-6-15(14)13-16/h1-2,5-6,9-13,17H,3-4,7-8H2,(H,24,26)(H,25,27,28). The Kier molecular flexibility index (Phi) is 4.01. The Morgan fingerprint density at radius 1 is 0.897 bits per heavy atom. The zero-order chi connectivity index (χ0) is 20.0. The molecule has 2 aromatic carbocycles. The lowest BCUT2D eigenvalue weighted by atomic mass is 9.80. The molecule has 0 bridgehead atoms. The summed E-state index contributed by atoms with van der Waals surface area (Å²) in [7, 11) is 0. The van der Waals surface area contributed by atoms with E-state index in [0.717, 1.165) is 42.0 Å². The predicted octanol–water partition coefficient (Wildman–Crippen LogP) is 3.85. The van der Waals surface area contributed by atoms with Crippen LogP contribution in [0.1, 0.15) is 31.2 Å². The third-order valence-corrected chi connectivity index (χ3v) is 6.11. The molecule has 0 radical (unpaired) electrons. The fourth-order valence-corrected chi connectivity index (χ4v) is 4.69. The van der Waals surface area contributed by atoms with E-state index in [1.807, 2.05) is 42.5 Å². The van der Waals surface area contributed by atoms with Gasteiger partial charge in [-0.3, -0.25) is 14.9 Å². The molecule has 1 aromatic heterocycles. The van der Waals surface area contributed by atoms with E-state index in [1.165, 1.54) is 0 Å². The lowest BCUT2D eigenvalue weighted by molar-refractivity contribution is -0.137. The van der Waals surface area contributed by atoms with Crippen LogP contribution in [0.3, 0.4) is 0 Å². The van der Waals surface area contributed by atoms with Crippen LogP contribution in [0.5, 0.6) is 0 Å². The quantitative estimate of drug-likeness (QED) is 0.713. The number of pyridine rings is 1. The first-order valence-corrected chi connectivity index (χ1v) is 9.85. The third kappa shape index (κ3) is 2.75. The van der Waals surface area contributed by atoms with Crippen molar-refractivity contribution in [1.82, 2.24) is 10.3 Å². The molecule has 1 aliphatic carbocycles. The molecule has 29 heavy (non-hydrogen) atoms. The lowest BCUT2D eigenvalue weighted by Gasteiger charge is -2.30. The fourth-order valence-electron chi connectivity index (χ4n) is 4.69. The number of cyclic esters (lactones) is 1. The van der Waals surface area contributed by atoms with Crippen LogP contribution >= 0.6 is 0 Å². The number of aromatic nitrogens is 1. The molecule has 0 spiro atoms. The van der Waals surface area contributed by atoms with E-state index >= 15 is 0 Å². The molecule has 2 heterocycles. The molecule has 5 rings (SSSR count). The zero-order valence-corrected chi connectivity index (χ0v) is 15.7. The minimum absolute atomic E-state index is 0.192. The maximum absolute atomic E-state index is 13.1. The van der Waals surface area contributed by atoms with Crippen LogP contribution in [0.15, 0.2) is 59.4 Å². The Morgan fingerprint density at radius 2 is 1.66 bits per heavy atom. The second kappa shape index (κ2) is 6.58. The number of hydrogen-bond donors (Lipinski definition) is 2. The summed E-state index contributed by atoms with van der Waals surface area (Å²) in [6.07, 6.45) is 2.59. The number of benzene rings is 2. The number of alkyl carbamates (subject to hydrolysis) is 1. The van der Waals surface area contributed by atoms with Crippen LogP contribution in [0.2, 0.25) is 0 Å². The van der Waals surface area contributed by atoms with Gasteiger partial charge in [-0.15, -0.1) is 0 Å². The largest absolute Gasteiger partial charge is 0.427 e. The number of imide groups is 1. The van der Waals surface area contributed by atoms with E-state index in [-0.39, 0.29) is 11.5 Å². The number of rotatable bonds is 3. The molecule has 1 saturated carbocycles. The minimum Gasteiger partial charge on any atom is -0.427 e. The van der Waals surface area contributed by atoms with E-state index in [4.69, 9.17) is 4.74 Å². The Labute approximate surface area is 166 Å². The molecular formula is C23H20N2O4. The van der Waals surface area contributed by atoms with Gasteiger partial charge in [0, 0.05) is 11.6 Å². The first-order valence-electron chi connectivity index (χ1n) is 9.85. The van der Waals surface area contributed by atoms with Gasteiger partial charge in [0.25, 0.3) is 11.5 Å². The normalized spacial score (nSPS) is 22.1. The van der Waals surface area contributed by atoms with Crippen LogP contribution < -0.4 is 10.9 Å². The van der Waals surface area contributed by atoms with Crippen LogP contribution in [-0.4, -0.2) is 17.0 Å². The first kappa shape index (κ1) is 17.7. The van der Waals surface area contributed by atoms with Crippen LogP contribution in [-0.2, 0) is 15.1 Å². The van der Waals surface area contributed by atoms with E-state index < -0.39 is 23.2 Å². The minimum atomic E-state index is -1.54. The SMILES string of the molecule is O=C1NC(=O)C(c2ccc(-c3ccc4ccccc4c3)[nH]c2=O)(C2CCCC2)O1. The smallest absolute Gasteiger partial charge is 0.415 e. The van der Waals surface area contributed by atoms with Gasteiger partial charge in [-0.2, -0.15) is 0 Å². The summed E-state index contributed by atoms with van der Waals surface area (Å²) in [5.41, 5.74) is -0.237. The second-order valence-corrected chi connectivity index (χ2v) is 7.74. The molecule has 1 atom stereocenters. The van der Waals surface area contributed by atoms with E-state index in [0.29, 0.717) is 5.69 Å². The number of H-pyrrole nitrogens is 1. The lowest BCUT2D eigenvalue weighted by Crippen LogP contribution is -2.46. The fraction of sp³-hybridized carbons (Fsp3) is 0.261. The van der Waals surface area contributed by atoms with Crippen molar-refractivity contribution in [3.63, 3.8) is 0 Å². The Bertz CT molecular complexity index is 1190. The molecule has 6 nitrogen and oxygen atoms in total. The maximum atomic E-state index is 13.1. The summed E-state index contributed by atoms with van der Waals surface area (Å²) < 4.78 is 5.50. The van der Waals surface area contributed by atoms with Gasteiger partial charge in [-0.1, -0.05) is 49.2 Å². The zero-order valence-electron chi connectivity index (χ0n) is 15.7. The molecule has 146 valence electrons. The van der Waals surface area contributed by atoms with Crippen molar-refractivity contribution in [1.29, 1.82) is 0 Å². The first-order chi connectivity index (χ1) is 14.1. The molecular weight excluding hydrogens is 368 g/mol. The van der Waals surface area contributed by atoms with Gasteiger partial charge in [0.1, 0.15) is 0 Å². The average molecular weight is 388 g/mol. The van der Waals surface area contributed by atoms with E-state index in [9.17, 15) is 14.4 Å². The van der Waals surface area contributed by atoms with Crippen molar-refractivity contribution in [2.24, 2.45) is 5.92 Å². The highest BCUT2D eigenvalue weighted by Gasteiger charge is 2.57. The summed E-state index contributed by atoms with van der Waals surface area (Å²) in [4.78, 5) is 40.5. The molecule has 6 heteroatoms. The van der Waals surface area contributed by atoms with Gasteiger partial charge in [-0.05, 0) is 47.4 Å². The summed E-state index contributed by atoms with van der Waals surface area (Å²) >= 11 is 0. The summed E-state index contributed by atoms with van der Waals surface area (Å²) in [5, 5.41) is 4.41. The highest BCUT2D eigenvalue weighted by atomic mass is 16.6. The summed E-state index contributed by atoms with van der Waals surface area (Å²) in [6, 6.07) is 17.4. The van der Waals surface area contributed by atoms with Crippen LogP contribution in [0.4, 0.5) is 4.79 Å². The third-order valence-electron chi connectivity index (χ3n) is 6.11. The van der Waals surface area contributed by atoms with Gasteiger partial charge in [0.2, 0.25) is 5.60 Å². The van der Waals surface area contributed by atoms with Crippen molar-refractivity contribution < 1.29 is 14.3 Å². The van der Waals surface area contributed by atoms with Crippen molar-refractivity contribution in [2.75, 3.05) is 0 Å². The predicted molar refractivity (Wildman–Crippen MR) is 108 cm³/mol. The monoisotopic (exact) mass is 388 g/mol. The van der Waals surface area contributed by atoms with Gasteiger partial charge < -0.3 is 9.72 Å². The number of nitrogens with one attached hydrogen (secondary N) is 2. The number of carbonyl (C=O) groups excluding carboxylic acids is 2. The van der Waals surface area contributed by atoms with Gasteiger partial charge >= 0.3 is 6.09 Å². The Balaban J connectivity index is 1.60. The topological polar surface area (TPSA) is 88.3 Å². The molecule has 2 fully saturated rings. The van der Waals surface area contributed by atoms with Crippen molar-refractivity contribution in [2.45, 2.75) is 31.3 Å². The second-order valence-electron chi connectivity index (χ2n) is 7.74. The van der Waals surface area contributed by atoms with Crippen molar-refractivity contribution >= 4 is 22.8 Å². The maximum Gasteiger partial charge on any atom is 0.415 e. The highest BCUT2D eigenvalue weighted by Crippen LogP contribution is 2.44. The molecule has 3 aromatic rings. The van der Waals surface area contributed by atoms with Gasteiger partial charge in [0.15, 0.2) is 0 Å². The molecule has 2 aliphatic rings. The molecule has 2 N–H and O–H groups in total. The van der Waals surface area contributed by atoms with Crippen LogP contribution in [0.25, 0.3) is 22.0 Å². The number of amides is 2. The number of ether oxygens (including phenoxy) is 1. The number of fused-ring (bicyclic) bond motifs is 1. The number of hydrogen-bond acceptors (Lipinski definition) is 4. The molecule has 1 unspecified atom stereocenters. The molecule has 1 aliphatic heterocycles. The van der Waals surface area contributed by atoms with E-state index in [2.05, 4.69) is 10.3 Å². The molecule has 2 amide bonds. The van der Waals surface area contributed by atoms with Crippen LogP contribution in [0, 0.1) is 5.92 Å². The Morgan fingerprint density at radius 3 is 2.34 bits per heavy atom. The summed E-state index contributed by atoms with van der Waals surface area (Å²) in [5.74, 6) is -0.736. The molecule has 1 saturated heterocycles.